The maximum Gasteiger partial charge on any atom is 0.171 e. The minimum Gasteiger partial charge on any atom is -0.382 e. The predicted octanol–water partition coefficient (Wildman–Crippen LogP) is 1.63. The molecule has 3 atom stereocenters. The Kier molecular flexibility index (Phi) is 4.32. The Morgan fingerprint density at radius 3 is 2.74 bits per heavy atom. The Balaban J connectivity index is 1.58. The fraction of sp³-hybridized carbons (Fsp3) is 0.571. The first kappa shape index (κ1) is 18.9. The van der Waals surface area contributed by atoms with Crippen molar-refractivity contribution in [2.45, 2.75) is 44.9 Å². The van der Waals surface area contributed by atoms with E-state index in [-0.39, 0.29) is 18.2 Å². The lowest BCUT2D eigenvalue weighted by Crippen LogP contribution is -2.45. The highest BCUT2D eigenvalue weighted by Gasteiger charge is 2.37. The van der Waals surface area contributed by atoms with Gasteiger partial charge in [-0.3, -0.25) is 5.10 Å². The summed E-state index contributed by atoms with van der Waals surface area (Å²) in [7, 11) is 0. The molecule has 164 valence electrons. The number of ether oxygens (including phenoxy) is 2. The van der Waals surface area contributed by atoms with Crippen LogP contribution < -0.4 is 15.5 Å². The summed E-state index contributed by atoms with van der Waals surface area (Å²) in [4.78, 5) is 9.90. The summed E-state index contributed by atoms with van der Waals surface area (Å²) in [5.74, 6) is 2.19. The minimum atomic E-state index is 0.243. The first-order valence-electron chi connectivity index (χ1n) is 11.0. The van der Waals surface area contributed by atoms with Crippen molar-refractivity contribution < 1.29 is 9.47 Å². The van der Waals surface area contributed by atoms with E-state index in [0.29, 0.717) is 19.0 Å². The number of morpholine rings is 2. The second-order valence-corrected chi connectivity index (χ2v) is 8.83. The van der Waals surface area contributed by atoms with Gasteiger partial charge in [-0.15, -0.1) is 5.10 Å². The number of hydrogen-bond acceptors (Lipinski definition) is 8. The van der Waals surface area contributed by atoms with Crippen LogP contribution in [0.5, 0.6) is 0 Å². The molecule has 10 heteroatoms. The van der Waals surface area contributed by atoms with Crippen molar-refractivity contribution in [2.24, 2.45) is 0 Å². The number of nitrogens with one attached hydrogen (secondary N) is 1. The monoisotopic (exact) mass is 424 g/mol. The summed E-state index contributed by atoms with van der Waals surface area (Å²) < 4.78 is 13.6. The Morgan fingerprint density at radius 1 is 1.23 bits per heavy atom. The van der Waals surface area contributed by atoms with Crippen LogP contribution in [0.1, 0.15) is 25.3 Å². The molecule has 0 aromatic carbocycles. The van der Waals surface area contributed by atoms with Gasteiger partial charge in [-0.05, 0) is 26.7 Å². The lowest BCUT2D eigenvalue weighted by molar-refractivity contribution is 0.0305. The average molecular weight is 425 g/mol. The normalized spacial score (nSPS) is 26.2. The molecule has 2 bridgehead atoms. The third-order valence-corrected chi connectivity index (χ3v) is 6.74. The van der Waals surface area contributed by atoms with Gasteiger partial charge in [-0.25, -0.2) is 4.98 Å². The van der Waals surface area contributed by atoms with Gasteiger partial charge in [0.1, 0.15) is 5.82 Å². The zero-order valence-corrected chi connectivity index (χ0v) is 17.9. The average Bonchev–Trinajstić information content (AvgIpc) is 3.48. The fourth-order valence-electron chi connectivity index (χ4n) is 5.28. The van der Waals surface area contributed by atoms with Crippen LogP contribution in [0.15, 0.2) is 12.3 Å². The van der Waals surface area contributed by atoms with Crippen molar-refractivity contribution in [1.82, 2.24) is 25.0 Å². The summed E-state index contributed by atoms with van der Waals surface area (Å²) in [6.07, 6.45) is 4.49. The fourth-order valence-corrected chi connectivity index (χ4v) is 5.28. The summed E-state index contributed by atoms with van der Waals surface area (Å²) >= 11 is 0. The highest BCUT2D eigenvalue weighted by Crippen LogP contribution is 2.42. The standard InChI is InChI=1S/C21H28N8O2/c1-12-11-30-8-7-28(12)20-13(2)18(27-9-14-3-4-15(10-27)31-14)17-19(22)26-29(21(17)24-20)16-5-6-23-25-16/h5-6,12,14-15H,3-4,7-11H2,1-2H3,(H2,22,26)(H,23,25)/t12-,14?,15?/m1/s1. The molecule has 6 rings (SSSR count). The van der Waals surface area contributed by atoms with Gasteiger partial charge >= 0.3 is 0 Å². The summed E-state index contributed by atoms with van der Waals surface area (Å²) in [6, 6.07) is 2.12. The van der Waals surface area contributed by atoms with Gasteiger partial charge in [0.15, 0.2) is 17.3 Å². The number of rotatable bonds is 3. The Morgan fingerprint density at radius 2 is 2.03 bits per heavy atom. The number of aromatic nitrogens is 5. The number of fused-ring (bicyclic) bond motifs is 3. The Labute approximate surface area is 180 Å². The lowest BCUT2D eigenvalue weighted by Gasteiger charge is -2.38. The highest BCUT2D eigenvalue weighted by atomic mass is 16.5. The van der Waals surface area contributed by atoms with E-state index >= 15 is 0 Å². The van der Waals surface area contributed by atoms with Gasteiger partial charge in [-0.2, -0.15) is 9.78 Å². The molecule has 3 aromatic heterocycles. The third-order valence-electron chi connectivity index (χ3n) is 6.74. The summed E-state index contributed by atoms with van der Waals surface area (Å²) in [5, 5.41) is 12.6. The van der Waals surface area contributed by atoms with Gasteiger partial charge in [0.25, 0.3) is 0 Å². The van der Waals surface area contributed by atoms with E-state index in [0.717, 1.165) is 66.4 Å². The minimum absolute atomic E-state index is 0.243. The van der Waals surface area contributed by atoms with Crippen LogP contribution >= 0.6 is 0 Å². The molecule has 2 unspecified atom stereocenters. The molecule has 0 spiro atoms. The molecular weight excluding hydrogens is 396 g/mol. The van der Waals surface area contributed by atoms with Gasteiger partial charge in [-0.1, -0.05) is 0 Å². The van der Waals surface area contributed by atoms with Crippen molar-refractivity contribution >= 4 is 28.4 Å². The molecule has 0 aliphatic carbocycles. The molecule has 6 heterocycles. The molecule has 31 heavy (non-hydrogen) atoms. The van der Waals surface area contributed by atoms with Crippen LogP contribution in [0, 0.1) is 6.92 Å². The van der Waals surface area contributed by atoms with Crippen LogP contribution in [0.25, 0.3) is 16.9 Å². The van der Waals surface area contributed by atoms with Gasteiger partial charge < -0.3 is 25.0 Å². The second-order valence-electron chi connectivity index (χ2n) is 8.83. The number of nitrogens with two attached hydrogens (primary N) is 1. The number of aromatic amines is 1. The number of H-pyrrole nitrogens is 1. The third kappa shape index (κ3) is 2.96. The first-order chi connectivity index (χ1) is 15.1. The van der Waals surface area contributed by atoms with E-state index < -0.39 is 0 Å². The molecule has 0 amide bonds. The molecule has 3 aliphatic heterocycles. The van der Waals surface area contributed by atoms with Crippen LogP contribution in [0.2, 0.25) is 0 Å². The van der Waals surface area contributed by atoms with Crippen LogP contribution in [0.4, 0.5) is 17.3 Å². The van der Waals surface area contributed by atoms with Crippen molar-refractivity contribution in [1.29, 1.82) is 0 Å². The molecule has 3 aliphatic rings. The van der Waals surface area contributed by atoms with Crippen LogP contribution in [0.3, 0.4) is 0 Å². The first-order valence-corrected chi connectivity index (χ1v) is 11.0. The zero-order valence-electron chi connectivity index (χ0n) is 17.9. The topological polar surface area (TPSA) is 110 Å². The SMILES string of the molecule is Cc1c(N2CCOC[C@H]2C)nc2c(c(N)nn2-c2ccn[nH]2)c1N1CC2CCC(C1)O2. The zero-order chi connectivity index (χ0) is 21.1. The maximum absolute atomic E-state index is 6.50. The maximum atomic E-state index is 6.50. The van der Waals surface area contributed by atoms with Gasteiger partial charge in [0.2, 0.25) is 0 Å². The van der Waals surface area contributed by atoms with Crippen molar-refractivity contribution in [3.05, 3.63) is 17.8 Å². The van der Waals surface area contributed by atoms with E-state index in [1.807, 2.05) is 6.07 Å². The van der Waals surface area contributed by atoms with E-state index in [4.69, 9.17) is 20.2 Å². The van der Waals surface area contributed by atoms with Crippen LogP contribution in [-0.4, -0.2) is 76.1 Å². The van der Waals surface area contributed by atoms with Crippen LogP contribution in [-0.2, 0) is 9.47 Å². The number of nitrogens with zero attached hydrogens (tertiary/aromatic N) is 6. The number of hydrogen-bond donors (Lipinski definition) is 2. The van der Waals surface area contributed by atoms with E-state index in [1.54, 1.807) is 10.9 Å². The Hall–Kier alpha value is -2.85. The number of anilines is 3. The Bertz CT molecular complexity index is 1100. The molecule has 3 fully saturated rings. The molecular formula is C21H28N8O2. The van der Waals surface area contributed by atoms with E-state index in [9.17, 15) is 0 Å². The predicted molar refractivity (Wildman–Crippen MR) is 118 cm³/mol. The summed E-state index contributed by atoms with van der Waals surface area (Å²) in [6.45, 7) is 8.26. The summed E-state index contributed by atoms with van der Waals surface area (Å²) in [5.41, 5.74) is 9.51. The molecule has 10 nitrogen and oxygen atoms in total. The molecule has 3 N–H and O–H groups in total. The van der Waals surface area contributed by atoms with Crippen molar-refractivity contribution in [2.75, 3.05) is 48.4 Å². The molecule has 0 saturated carbocycles. The lowest BCUT2D eigenvalue weighted by atomic mass is 10.1. The number of pyridine rings is 1. The smallest absolute Gasteiger partial charge is 0.171 e. The quantitative estimate of drug-likeness (QED) is 0.653. The number of nitrogen functional groups attached to an aromatic ring is 1. The second kappa shape index (κ2) is 7.10. The molecule has 0 radical (unpaired) electrons. The van der Waals surface area contributed by atoms with Crippen molar-refractivity contribution in [3.63, 3.8) is 0 Å². The van der Waals surface area contributed by atoms with E-state index in [1.165, 1.54) is 0 Å². The molecule has 3 aromatic rings. The van der Waals surface area contributed by atoms with Gasteiger partial charge in [0.05, 0.1) is 48.7 Å². The molecule has 3 saturated heterocycles. The van der Waals surface area contributed by atoms with Crippen molar-refractivity contribution in [3.8, 4) is 5.82 Å². The largest absolute Gasteiger partial charge is 0.382 e. The highest BCUT2D eigenvalue weighted by molar-refractivity contribution is 6.02. The van der Waals surface area contributed by atoms with E-state index in [2.05, 4.69) is 38.9 Å². The van der Waals surface area contributed by atoms with Gasteiger partial charge in [0, 0.05) is 31.3 Å².